The second-order valence-electron chi connectivity index (χ2n) is 10.3. The fourth-order valence-corrected chi connectivity index (χ4v) is 5.76. The molecular weight excluding hydrogens is 470 g/mol. The molecule has 0 heterocycles. The predicted octanol–water partition coefficient (Wildman–Crippen LogP) is 6.96. The van der Waals surface area contributed by atoms with E-state index in [0.717, 1.165) is 54.7 Å². The Kier molecular flexibility index (Phi) is 7.74. The van der Waals surface area contributed by atoms with Gasteiger partial charge in [0.1, 0.15) is 0 Å². The van der Waals surface area contributed by atoms with E-state index in [1.54, 1.807) is 6.92 Å². The zero-order chi connectivity index (χ0) is 26.2. The molecule has 8 heteroatoms. The summed E-state index contributed by atoms with van der Waals surface area (Å²) in [6.45, 7) is 7.95. The van der Waals surface area contributed by atoms with Crippen LogP contribution in [0.3, 0.4) is 0 Å². The van der Waals surface area contributed by atoms with Gasteiger partial charge in [-0.2, -0.15) is 26.3 Å². The van der Waals surface area contributed by atoms with E-state index in [2.05, 4.69) is 19.6 Å². The van der Waals surface area contributed by atoms with Gasteiger partial charge >= 0.3 is 18.0 Å². The number of rotatable bonds is 3. The molecule has 2 saturated carbocycles. The normalized spacial score (nSPS) is 31.1. The van der Waals surface area contributed by atoms with Crippen LogP contribution in [0.15, 0.2) is 47.1 Å². The van der Waals surface area contributed by atoms with Crippen molar-refractivity contribution in [1.82, 2.24) is 0 Å². The van der Waals surface area contributed by atoms with Crippen LogP contribution in [-0.2, 0) is 0 Å². The molecule has 2 nitrogen and oxygen atoms in total. The van der Waals surface area contributed by atoms with E-state index in [0.29, 0.717) is 12.8 Å². The Morgan fingerprint density at radius 1 is 1.17 bits per heavy atom. The number of hydrogen-bond acceptors (Lipinski definition) is 2. The number of fused-ring (bicyclic) bond motifs is 1. The van der Waals surface area contributed by atoms with E-state index in [9.17, 15) is 36.6 Å². The lowest BCUT2D eigenvalue weighted by Gasteiger charge is -2.42. The number of halogens is 6. The molecular formula is C27H32F6O2. The summed E-state index contributed by atoms with van der Waals surface area (Å²) in [5.74, 6) is 2.89. The molecule has 3 aliphatic carbocycles. The van der Waals surface area contributed by atoms with Gasteiger partial charge in [-0.1, -0.05) is 61.3 Å². The minimum atomic E-state index is -5.94. The highest BCUT2D eigenvalue weighted by Crippen LogP contribution is 2.57. The van der Waals surface area contributed by atoms with Crippen molar-refractivity contribution in [3.63, 3.8) is 0 Å². The Hall–Kier alpha value is -1.98. The second kappa shape index (κ2) is 9.82. The third-order valence-electron chi connectivity index (χ3n) is 7.83. The summed E-state index contributed by atoms with van der Waals surface area (Å²) >= 11 is 0. The quantitative estimate of drug-likeness (QED) is 0.249. The smallest absolute Gasteiger partial charge is 0.393 e. The molecule has 3 rings (SSSR count). The molecule has 0 unspecified atom stereocenters. The van der Waals surface area contributed by atoms with Gasteiger partial charge in [0.15, 0.2) is 0 Å². The highest BCUT2D eigenvalue weighted by atomic mass is 19.4. The average Bonchev–Trinajstić information content (AvgIpc) is 3.10. The lowest BCUT2D eigenvalue weighted by molar-refractivity contribution is -0.343. The van der Waals surface area contributed by atoms with E-state index in [1.807, 2.05) is 18.1 Å². The van der Waals surface area contributed by atoms with Crippen LogP contribution in [0.1, 0.15) is 65.2 Å². The summed E-state index contributed by atoms with van der Waals surface area (Å²) in [6.07, 6.45) is -0.774. The number of aliphatic hydroxyl groups excluding tert-OH is 1. The van der Waals surface area contributed by atoms with Crippen LogP contribution in [0.25, 0.3) is 0 Å². The standard InChI is InChI=1S/C27H32F6O2/c1-17-8-11-21(34)16-20(17)10-9-19-7-5-14-24(3)22(12-13-23(19)24)18(2)6-4-15-25(35,26(28,29)30)27(31,32)33/h9-10,12,18,21,23,34-35H,1,5-8,11,13-14,16H2,2-3H3/b19-9+,20-10-/t18-,21+,23+,24-/m1/s1. The molecule has 0 radical (unpaired) electrons. The van der Waals surface area contributed by atoms with Gasteiger partial charge in [0.2, 0.25) is 0 Å². The maximum Gasteiger partial charge on any atom is 0.438 e. The van der Waals surface area contributed by atoms with Gasteiger partial charge in [-0.3, -0.25) is 0 Å². The molecule has 35 heavy (non-hydrogen) atoms. The van der Waals surface area contributed by atoms with Crippen molar-refractivity contribution < 1.29 is 36.6 Å². The molecule has 0 aromatic rings. The first kappa shape index (κ1) is 27.6. The molecule has 3 aliphatic rings. The van der Waals surface area contributed by atoms with Crippen LogP contribution in [0.4, 0.5) is 26.3 Å². The highest BCUT2D eigenvalue weighted by Gasteiger charge is 2.70. The van der Waals surface area contributed by atoms with Crippen molar-refractivity contribution in [2.75, 3.05) is 0 Å². The topological polar surface area (TPSA) is 40.5 Å². The molecule has 0 aliphatic heterocycles. The minimum absolute atomic E-state index is 0.197. The zero-order valence-electron chi connectivity index (χ0n) is 20.0. The van der Waals surface area contributed by atoms with Crippen LogP contribution in [0, 0.1) is 29.1 Å². The first-order chi connectivity index (χ1) is 16.1. The van der Waals surface area contributed by atoms with Crippen LogP contribution < -0.4 is 0 Å². The van der Waals surface area contributed by atoms with Gasteiger partial charge in [-0.05, 0) is 73.7 Å². The van der Waals surface area contributed by atoms with Crippen molar-refractivity contribution in [1.29, 1.82) is 0 Å². The number of alkyl halides is 6. The van der Waals surface area contributed by atoms with Gasteiger partial charge in [-0.15, -0.1) is 0 Å². The molecule has 0 aromatic heterocycles. The number of allylic oxidation sites excluding steroid dienone is 6. The van der Waals surface area contributed by atoms with Gasteiger partial charge in [0.05, 0.1) is 6.10 Å². The Bertz CT molecular complexity index is 974. The summed E-state index contributed by atoms with van der Waals surface area (Å²) in [7, 11) is 0. The maximum atomic E-state index is 12.9. The van der Waals surface area contributed by atoms with E-state index in [1.165, 1.54) is 5.57 Å². The van der Waals surface area contributed by atoms with Crippen molar-refractivity contribution in [3.8, 4) is 11.8 Å². The van der Waals surface area contributed by atoms with Gasteiger partial charge in [0, 0.05) is 6.42 Å². The fourth-order valence-electron chi connectivity index (χ4n) is 5.76. The molecule has 2 N–H and O–H groups in total. The van der Waals surface area contributed by atoms with E-state index in [-0.39, 0.29) is 29.8 Å². The summed E-state index contributed by atoms with van der Waals surface area (Å²) < 4.78 is 77.3. The van der Waals surface area contributed by atoms with Gasteiger partial charge < -0.3 is 10.2 Å². The molecule has 0 aromatic carbocycles. The SMILES string of the molecule is C=C1CC[C@H](O)C/C1=C/C=C1\CCC[C@]2(C)C([C@H](C)CC#CC(O)(C(F)(F)F)C(F)(F)F)=CC[C@@H]12. The molecule has 194 valence electrons. The summed E-state index contributed by atoms with van der Waals surface area (Å²) in [6, 6.07) is 0. The van der Waals surface area contributed by atoms with Crippen LogP contribution in [0.2, 0.25) is 0 Å². The second-order valence-corrected chi connectivity index (χ2v) is 10.3. The van der Waals surface area contributed by atoms with Crippen molar-refractivity contribution in [2.45, 2.75) is 89.3 Å². The number of aliphatic hydroxyl groups is 2. The molecule has 4 atom stereocenters. The van der Waals surface area contributed by atoms with Crippen molar-refractivity contribution in [2.24, 2.45) is 17.3 Å². The van der Waals surface area contributed by atoms with E-state index >= 15 is 0 Å². The van der Waals surface area contributed by atoms with Crippen LogP contribution in [-0.4, -0.2) is 34.3 Å². The van der Waals surface area contributed by atoms with E-state index in [4.69, 9.17) is 0 Å². The molecule has 0 amide bonds. The average molecular weight is 503 g/mol. The molecule has 0 bridgehead atoms. The minimum Gasteiger partial charge on any atom is -0.393 e. The summed E-state index contributed by atoms with van der Waals surface area (Å²) in [5.41, 5.74) is -0.971. The first-order valence-corrected chi connectivity index (χ1v) is 11.9. The highest BCUT2D eigenvalue weighted by molar-refractivity contribution is 5.39. The zero-order valence-corrected chi connectivity index (χ0v) is 20.0. The fraction of sp³-hybridized carbons (Fsp3) is 0.630. The Morgan fingerprint density at radius 2 is 1.83 bits per heavy atom. The Balaban J connectivity index is 1.77. The lowest BCUT2D eigenvalue weighted by atomic mass is 9.62. The molecule has 2 fully saturated rings. The molecule has 0 saturated heterocycles. The monoisotopic (exact) mass is 502 g/mol. The number of hydrogen-bond donors (Lipinski definition) is 2. The third kappa shape index (κ3) is 5.41. The molecule has 0 spiro atoms. The Labute approximate surface area is 202 Å². The largest absolute Gasteiger partial charge is 0.438 e. The van der Waals surface area contributed by atoms with Crippen LogP contribution >= 0.6 is 0 Å². The summed E-state index contributed by atoms with van der Waals surface area (Å²) in [5, 5.41) is 19.2. The lowest BCUT2D eigenvalue weighted by Crippen LogP contribution is -2.55. The predicted molar refractivity (Wildman–Crippen MR) is 122 cm³/mol. The first-order valence-electron chi connectivity index (χ1n) is 11.9. The Morgan fingerprint density at radius 3 is 2.46 bits per heavy atom. The van der Waals surface area contributed by atoms with E-state index < -0.39 is 18.0 Å². The van der Waals surface area contributed by atoms with Gasteiger partial charge in [0.25, 0.3) is 0 Å². The van der Waals surface area contributed by atoms with Gasteiger partial charge in [-0.25, -0.2) is 0 Å². The van der Waals surface area contributed by atoms with Crippen molar-refractivity contribution >= 4 is 0 Å². The maximum absolute atomic E-state index is 12.9. The van der Waals surface area contributed by atoms with Crippen LogP contribution in [0.5, 0.6) is 0 Å². The third-order valence-corrected chi connectivity index (χ3v) is 7.83. The summed E-state index contributed by atoms with van der Waals surface area (Å²) in [4.78, 5) is 0. The van der Waals surface area contributed by atoms with Crippen molar-refractivity contribution in [3.05, 3.63) is 47.1 Å².